The van der Waals surface area contributed by atoms with Crippen LogP contribution in [0.2, 0.25) is 0 Å². The summed E-state index contributed by atoms with van der Waals surface area (Å²) in [5, 5.41) is -7.23. The molecular weight excluding hydrogens is 387 g/mol. The van der Waals surface area contributed by atoms with Gasteiger partial charge in [-0.05, 0) is 0 Å². The van der Waals surface area contributed by atoms with Crippen LogP contribution in [0.3, 0.4) is 0 Å². The average molecular weight is 389 g/mol. The molecule has 18 heteroatoms. The van der Waals surface area contributed by atoms with Gasteiger partial charge < -0.3 is 0 Å². The number of alkyl halides is 10. The van der Waals surface area contributed by atoms with E-state index in [1.54, 1.807) is 0 Å². The van der Waals surface area contributed by atoms with Crippen LogP contribution < -0.4 is 4.13 Å². The van der Waals surface area contributed by atoms with E-state index in [-0.39, 0.29) is 18.9 Å². The summed E-state index contributed by atoms with van der Waals surface area (Å²) >= 11 is 0. The second-order valence-corrected chi connectivity index (χ2v) is 6.78. The van der Waals surface area contributed by atoms with Crippen LogP contribution in [-0.2, 0) is 20.0 Å². The number of sulfonamides is 2. The Kier molecular flexibility index (Phi) is 6.55. The molecule has 0 aliphatic heterocycles. The van der Waals surface area contributed by atoms with Crippen LogP contribution >= 0.6 is 0 Å². The molecule has 0 rings (SSSR count). The van der Waals surface area contributed by atoms with Crippen molar-refractivity contribution in [2.75, 3.05) is 0 Å². The van der Waals surface area contributed by atoms with Crippen molar-refractivity contribution in [3.8, 4) is 0 Å². The first kappa shape index (κ1) is 24.0. The molecule has 1 N–H and O–H groups in total. The van der Waals surface area contributed by atoms with E-state index in [2.05, 4.69) is 0 Å². The third-order valence-electron chi connectivity index (χ3n) is 1.58. The zero-order chi connectivity index (χ0) is 17.7. The molecule has 0 radical (unpaired) electrons. The normalized spacial score (nSPS) is 15.4. The van der Waals surface area contributed by atoms with E-state index in [1.165, 1.54) is 0 Å². The molecule has 0 heterocycles. The van der Waals surface area contributed by atoms with Crippen LogP contribution in [0.1, 0.15) is 0 Å². The van der Waals surface area contributed by atoms with Crippen LogP contribution in [0.15, 0.2) is 0 Å². The van der Waals surface area contributed by atoms with Crippen molar-refractivity contribution in [2.24, 2.45) is 0 Å². The van der Waals surface area contributed by atoms with Crippen LogP contribution in [-0.4, -0.2) is 58.6 Å². The van der Waals surface area contributed by atoms with E-state index >= 15 is 0 Å². The molecule has 0 aromatic rings. The van der Waals surface area contributed by atoms with Crippen molar-refractivity contribution >= 4 is 38.9 Å². The van der Waals surface area contributed by atoms with Crippen LogP contribution in [0.25, 0.3) is 0 Å². The Morgan fingerprint density at radius 2 is 0.955 bits per heavy atom. The molecule has 0 atom stereocenters. The van der Waals surface area contributed by atoms with Crippen molar-refractivity contribution in [3.05, 3.63) is 0 Å². The molecule has 130 valence electrons. The molecule has 0 amide bonds. The topological polar surface area (TPSA) is 80.3 Å². The number of halogens is 10. The molecule has 0 saturated heterocycles. The van der Waals surface area contributed by atoms with Gasteiger partial charge >= 0.3 is 51.7 Å². The summed E-state index contributed by atoms with van der Waals surface area (Å²) in [4.78, 5) is 0. The van der Waals surface area contributed by atoms with Crippen molar-refractivity contribution in [2.45, 2.75) is 22.9 Å². The fraction of sp³-hybridized carbons (Fsp3) is 1.00. The number of nitrogens with one attached hydrogen (secondary N) is 1. The van der Waals surface area contributed by atoms with E-state index in [4.69, 9.17) is 0 Å². The maximum absolute atomic E-state index is 12.6. The van der Waals surface area contributed by atoms with Crippen LogP contribution in [0.4, 0.5) is 43.9 Å². The summed E-state index contributed by atoms with van der Waals surface area (Å²) in [5.74, 6) is -7.35. The van der Waals surface area contributed by atoms with E-state index in [1.807, 2.05) is 0 Å². The van der Waals surface area contributed by atoms with Gasteiger partial charge in [0, 0.05) is 0 Å². The predicted octanol–water partition coefficient (Wildman–Crippen LogP) is 0.897. The van der Waals surface area contributed by atoms with Crippen LogP contribution in [0, 0.1) is 0 Å². The van der Waals surface area contributed by atoms with E-state index in [0.29, 0.717) is 0 Å². The predicted molar refractivity (Wildman–Crippen MR) is 50.1 cm³/mol. The quantitative estimate of drug-likeness (QED) is 0.573. The minimum atomic E-state index is -7.60. The number of hydrogen-bond donors (Lipinski definition) is 1. The summed E-state index contributed by atoms with van der Waals surface area (Å²) in [7, 11) is -14.8. The molecular formula is C4H2F10LiNO4S2. The first-order valence-corrected chi connectivity index (χ1v) is 6.84. The van der Waals surface area contributed by atoms with Gasteiger partial charge in [-0.25, -0.2) is 16.8 Å². The van der Waals surface area contributed by atoms with E-state index in [9.17, 15) is 60.7 Å². The summed E-state index contributed by atoms with van der Waals surface area (Å²) in [5.41, 5.74) is -6.55. The molecule has 5 nitrogen and oxygen atoms in total. The molecule has 0 fully saturated rings. The standard InChI is InChI=1S/C4HF10NO4S2.Li.H/c5-1(6,2(7,8)9)3(10,11)20(16,17)15-21(18,19)4(12,13)14;;/h15H;;. The molecule has 22 heavy (non-hydrogen) atoms. The van der Waals surface area contributed by atoms with Crippen LogP contribution in [0.5, 0.6) is 0 Å². The van der Waals surface area contributed by atoms with Gasteiger partial charge in [-0.1, -0.05) is 4.13 Å². The van der Waals surface area contributed by atoms with Gasteiger partial charge in [0.25, 0.3) is 10.0 Å². The molecule has 0 spiro atoms. The van der Waals surface area contributed by atoms with Gasteiger partial charge in [0.05, 0.1) is 0 Å². The Hall–Kier alpha value is -0.243. The molecule has 0 aromatic heterocycles. The monoisotopic (exact) mass is 389 g/mol. The fourth-order valence-electron chi connectivity index (χ4n) is 0.578. The first-order chi connectivity index (χ1) is 8.71. The maximum atomic E-state index is 12.6. The van der Waals surface area contributed by atoms with Crippen molar-refractivity contribution < 1.29 is 60.7 Å². The zero-order valence-corrected chi connectivity index (χ0v) is 10.4. The first-order valence-electron chi connectivity index (χ1n) is 3.87. The summed E-state index contributed by atoms with van der Waals surface area (Å²) in [6, 6.07) is 0. The Morgan fingerprint density at radius 3 is 1.18 bits per heavy atom. The second kappa shape index (κ2) is 6.00. The van der Waals surface area contributed by atoms with Crippen molar-refractivity contribution in [1.82, 2.24) is 4.13 Å². The van der Waals surface area contributed by atoms with E-state index in [0.717, 1.165) is 0 Å². The SMILES string of the molecule is O=S(=O)(NS(=O)(=O)C(F)(F)C(F)(F)C(F)(F)F)C(F)(F)F.[LiH]. The van der Waals surface area contributed by atoms with E-state index < -0.39 is 47.0 Å². The number of rotatable bonds is 4. The van der Waals surface area contributed by atoms with Gasteiger partial charge in [-0.2, -0.15) is 43.9 Å². The molecule has 0 aliphatic carbocycles. The molecule has 0 bridgehead atoms. The van der Waals surface area contributed by atoms with Crippen molar-refractivity contribution in [1.29, 1.82) is 0 Å². The van der Waals surface area contributed by atoms with Crippen molar-refractivity contribution in [3.63, 3.8) is 0 Å². The van der Waals surface area contributed by atoms with Gasteiger partial charge in [-0.15, -0.1) is 0 Å². The summed E-state index contributed by atoms with van der Waals surface area (Å²) < 4.78 is 160. The van der Waals surface area contributed by atoms with Gasteiger partial charge in [0.15, 0.2) is 0 Å². The Bertz CT molecular complexity index is 604. The summed E-state index contributed by atoms with van der Waals surface area (Å²) in [6.07, 6.45) is -7.19. The van der Waals surface area contributed by atoms with Gasteiger partial charge in [-0.3, -0.25) is 0 Å². The minimum absolute atomic E-state index is 0. The molecule has 0 aromatic carbocycles. The van der Waals surface area contributed by atoms with Gasteiger partial charge in [0.1, 0.15) is 0 Å². The second-order valence-electron chi connectivity index (χ2n) is 3.12. The fourth-order valence-corrected chi connectivity index (χ4v) is 2.98. The Labute approximate surface area is 127 Å². The Morgan fingerprint density at radius 1 is 0.636 bits per heavy atom. The summed E-state index contributed by atoms with van der Waals surface area (Å²) in [6.45, 7) is 0. The molecule has 0 saturated carbocycles. The third kappa shape index (κ3) is 3.99. The average Bonchev–Trinajstić information content (AvgIpc) is 2.11. The number of hydrogen-bond acceptors (Lipinski definition) is 4. The zero-order valence-electron chi connectivity index (χ0n) is 8.73. The van der Waals surface area contributed by atoms with Gasteiger partial charge in [0.2, 0.25) is 0 Å². The third-order valence-corrected chi connectivity index (χ3v) is 4.88. The molecule has 0 unspecified atom stereocenters. The Balaban J connectivity index is 0. The molecule has 0 aliphatic rings.